The zero-order valence-electron chi connectivity index (χ0n) is 11.2. The Morgan fingerprint density at radius 2 is 1.90 bits per heavy atom. The molecule has 2 aromatic rings. The monoisotopic (exact) mass is 325 g/mol. The molecule has 0 spiro atoms. The van der Waals surface area contributed by atoms with Gasteiger partial charge in [-0.3, -0.25) is 0 Å². The van der Waals surface area contributed by atoms with Gasteiger partial charge in [-0.15, -0.1) is 11.3 Å². The lowest BCUT2D eigenvalue weighted by molar-refractivity contribution is 0.0697. The van der Waals surface area contributed by atoms with Gasteiger partial charge in [-0.05, 0) is 35.6 Å². The zero-order valence-corrected chi connectivity index (χ0v) is 12.8. The second-order valence-corrected chi connectivity index (χ2v) is 7.32. The van der Waals surface area contributed by atoms with Gasteiger partial charge >= 0.3 is 5.97 Å². The first-order chi connectivity index (χ1) is 9.96. The molecule has 1 aromatic carbocycles. The molecule has 0 radical (unpaired) electrons. The predicted molar refractivity (Wildman–Crippen MR) is 82.1 cm³/mol. The van der Waals surface area contributed by atoms with E-state index < -0.39 is 16.0 Å². The summed E-state index contributed by atoms with van der Waals surface area (Å²) in [6.45, 7) is 0.357. The minimum Gasteiger partial charge on any atom is -0.478 e. The van der Waals surface area contributed by atoms with Gasteiger partial charge in [0.15, 0.2) is 0 Å². The molecule has 0 unspecified atom stereocenters. The van der Waals surface area contributed by atoms with E-state index in [0.29, 0.717) is 18.5 Å². The normalized spacial score (nSPS) is 11.4. The lowest BCUT2D eigenvalue weighted by Gasteiger charge is -2.06. The van der Waals surface area contributed by atoms with Crippen LogP contribution < -0.4 is 4.72 Å². The summed E-state index contributed by atoms with van der Waals surface area (Å²) in [5, 5.41) is 10.7. The van der Waals surface area contributed by atoms with E-state index in [-0.39, 0.29) is 11.3 Å². The van der Waals surface area contributed by atoms with Crippen LogP contribution in [0.5, 0.6) is 0 Å². The van der Waals surface area contributed by atoms with Crippen molar-refractivity contribution in [2.45, 2.75) is 12.2 Å². The molecule has 2 rings (SSSR count). The number of carboxylic acids is 1. The van der Waals surface area contributed by atoms with Crippen molar-refractivity contribution in [1.82, 2.24) is 4.72 Å². The van der Waals surface area contributed by atoms with Gasteiger partial charge in [0.1, 0.15) is 0 Å². The molecule has 1 heterocycles. The number of sulfonamides is 1. The van der Waals surface area contributed by atoms with Crippen molar-refractivity contribution in [2.75, 3.05) is 6.54 Å². The highest BCUT2D eigenvalue weighted by Crippen LogP contribution is 2.10. The number of hydrogen-bond donors (Lipinski definition) is 2. The number of carbonyl (C=O) groups is 1. The molecular weight excluding hydrogens is 310 g/mol. The fourth-order valence-corrected chi connectivity index (χ4v) is 3.65. The number of rotatable bonds is 7. The molecule has 0 aliphatic carbocycles. The molecule has 0 bridgehead atoms. The molecular formula is C14H15NO4S2. The zero-order chi connectivity index (χ0) is 15.3. The number of benzene rings is 1. The Bertz CT molecular complexity index is 691. The smallest absolute Gasteiger partial charge is 0.335 e. The van der Waals surface area contributed by atoms with Crippen LogP contribution in [0.3, 0.4) is 0 Å². The minimum absolute atomic E-state index is 0.141. The van der Waals surface area contributed by atoms with Crippen molar-refractivity contribution in [3.63, 3.8) is 0 Å². The largest absolute Gasteiger partial charge is 0.478 e. The van der Waals surface area contributed by atoms with Gasteiger partial charge in [0, 0.05) is 11.4 Å². The lowest BCUT2D eigenvalue weighted by atomic mass is 10.1. The quantitative estimate of drug-likeness (QED) is 0.816. The van der Waals surface area contributed by atoms with Gasteiger partial charge < -0.3 is 5.11 Å². The van der Waals surface area contributed by atoms with Crippen LogP contribution in [-0.2, 0) is 22.2 Å². The Balaban J connectivity index is 1.89. The Morgan fingerprint density at radius 1 is 1.19 bits per heavy atom. The SMILES string of the molecule is O=C(O)c1ccc(CS(=O)(=O)NCCc2cccs2)cc1. The van der Waals surface area contributed by atoms with E-state index in [2.05, 4.69) is 4.72 Å². The summed E-state index contributed by atoms with van der Waals surface area (Å²) in [5.74, 6) is -1.18. The maximum atomic E-state index is 11.9. The molecule has 1 aromatic heterocycles. The van der Waals surface area contributed by atoms with E-state index in [0.717, 1.165) is 4.88 Å². The topological polar surface area (TPSA) is 83.5 Å². The van der Waals surface area contributed by atoms with Gasteiger partial charge in [-0.2, -0.15) is 0 Å². The lowest BCUT2D eigenvalue weighted by Crippen LogP contribution is -2.27. The molecule has 5 nitrogen and oxygen atoms in total. The van der Waals surface area contributed by atoms with Crippen LogP contribution in [0.15, 0.2) is 41.8 Å². The molecule has 0 fully saturated rings. The summed E-state index contributed by atoms with van der Waals surface area (Å²) in [6, 6.07) is 9.73. The Kier molecular flexibility index (Phi) is 5.11. The summed E-state index contributed by atoms with van der Waals surface area (Å²) in [5.41, 5.74) is 0.699. The highest BCUT2D eigenvalue weighted by molar-refractivity contribution is 7.88. The Morgan fingerprint density at radius 3 is 2.48 bits per heavy atom. The van der Waals surface area contributed by atoms with Crippen molar-refractivity contribution in [3.8, 4) is 0 Å². The third-order valence-corrected chi connectivity index (χ3v) is 5.12. The van der Waals surface area contributed by atoms with Crippen molar-refractivity contribution in [1.29, 1.82) is 0 Å². The predicted octanol–water partition coefficient (Wildman–Crippen LogP) is 2.11. The maximum absolute atomic E-state index is 11.9. The van der Waals surface area contributed by atoms with Crippen LogP contribution in [-0.4, -0.2) is 26.0 Å². The third kappa shape index (κ3) is 4.96. The molecule has 21 heavy (non-hydrogen) atoms. The van der Waals surface area contributed by atoms with Crippen molar-refractivity contribution >= 4 is 27.3 Å². The van der Waals surface area contributed by atoms with Crippen molar-refractivity contribution < 1.29 is 18.3 Å². The fourth-order valence-electron chi connectivity index (χ4n) is 1.80. The average Bonchev–Trinajstić information content (AvgIpc) is 2.91. The van der Waals surface area contributed by atoms with Gasteiger partial charge in [-0.25, -0.2) is 17.9 Å². The summed E-state index contributed by atoms with van der Waals surface area (Å²) < 4.78 is 26.4. The number of thiophene rings is 1. The van der Waals surface area contributed by atoms with E-state index >= 15 is 0 Å². The molecule has 0 aliphatic rings. The van der Waals surface area contributed by atoms with Crippen LogP contribution in [0.4, 0.5) is 0 Å². The van der Waals surface area contributed by atoms with Crippen LogP contribution >= 0.6 is 11.3 Å². The summed E-state index contributed by atoms with van der Waals surface area (Å²) in [4.78, 5) is 11.8. The van der Waals surface area contributed by atoms with Crippen molar-refractivity contribution in [2.24, 2.45) is 0 Å². The molecule has 0 atom stereocenters. The van der Waals surface area contributed by atoms with Gasteiger partial charge in [0.05, 0.1) is 11.3 Å². The molecule has 2 N–H and O–H groups in total. The first-order valence-corrected chi connectivity index (χ1v) is 8.81. The summed E-state index contributed by atoms with van der Waals surface area (Å²) in [7, 11) is -3.41. The maximum Gasteiger partial charge on any atom is 0.335 e. The third-order valence-electron chi connectivity index (χ3n) is 2.83. The highest BCUT2D eigenvalue weighted by atomic mass is 32.2. The van der Waals surface area contributed by atoms with Crippen LogP contribution in [0.25, 0.3) is 0 Å². The number of carboxylic acid groups (broad SMARTS) is 1. The Hall–Kier alpha value is -1.70. The highest BCUT2D eigenvalue weighted by Gasteiger charge is 2.12. The fraction of sp³-hybridized carbons (Fsp3) is 0.214. The average molecular weight is 325 g/mol. The van der Waals surface area contributed by atoms with E-state index in [1.807, 2.05) is 17.5 Å². The molecule has 0 saturated carbocycles. The molecule has 0 aliphatic heterocycles. The van der Waals surface area contributed by atoms with E-state index in [1.165, 1.54) is 24.3 Å². The molecule has 112 valence electrons. The van der Waals surface area contributed by atoms with Crippen LogP contribution in [0.2, 0.25) is 0 Å². The van der Waals surface area contributed by atoms with E-state index in [1.54, 1.807) is 11.3 Å². The second kappa shape index (κ2) is 6.84. The standard InChI is InChI=1S/C14H15NO4S2/c16-14(17)12-5-3-11(4-6-12)10-21(18,19)15-8-7-13-2-1-9-20-13/h1-6,9,15H,7-8,10H2,(H,16,17). The van der Waals surface area contributed by atoms with Crippen molar-refractivity contribution in [3.05, 3.63) is 57.8 Å². The number of aromatic carboxylic acids is 1. The number of hydrogen-bond acceptors (Lipinski definition) is 4. The van der Waals surface area contributed by atoms with Gasteiger partial charge in [0.25, 0.3) is 0 Å². The van der Waals surface area contributed by atoms with E-state index in [4.69, 9.17) is 5.11 Å². The van der Waals surface area contributed by atoms with Gasteiger partial charge in [0.2, 0.25) is 10.0 Å². The van der Waals surface area contributed by atoms with Crippen LogP contribution in [0.1, 0.15) is 20.8 Å². The van der Waals surface area contributed by atoms with Gasteiger partial charge in [-0.1, -0.05) is 18.2 Å². The molecule has 0 saturated heterocycles. The minimum atomic E-state index is -3.41. The Labute approximate surface area is 127 Å². The molecule has 0 amide bonds. The molecule has 7 heteroatoms. The second-order valence-electron chi connectivity index (χ2n) is 4.48. The summed E-state index contributed by atoms with van der Waals surface area (Å²) >= 11 is 1.59. The van der Waals surface area contributed by atoms with E-state index in [9.17, 15) is 13.2 Å². The first-order valence-electron chi connectivity index (χ1n) is 6.28. The summed E-state index contributed by atoms with van der Waals surface area (Å²) in [6.07, 6.45) is 0.662. The first kappa shape index (κ1) is 15.7. The van der Waals surface area contributed by atoms with Crippen LogP contribution in [0, 0.1) is 0 Å². The number of nitrogens with one attached hydrogen (secondary N) is 1.